The molecular weight excluding hydrogens is 472 g/mol. The molecule has 1 amide bonds. The zero-order valence-corrected chi connectivity index (χ0v) is 19.8. The summed E-state index contributed by atoms with van der Waals surface area (Å²) >= 11 is 5.25. The second kappa shape index (κ2) is 10.2. The van der Waals surface area contributed by atoms with Crippen LogP contribution >= 0.6 is 12.2 Å². The van der Waals surface area contributed by atoms with E-state index in [-0.39, 0.29) is 5.11 Å². The van der Waals surface area contributed by atoms with Gasteiger partial charge in [-0.25, -0.2) is 4.79 Å². The second-order valence-corrected chi connectivity index (χ2v) is 8.32. The van der Waals surface area contributed by atoms with Crippen LogP contribution in [0.4, 0.5) is 5.69 Å². The molecule has 176 valence electrons. The highest BCUT2D eigenvalue weighted by Gasteiger charge is 2.09. The van der Waals surface area contributed by atoms with Crippen LogP contribution in [0.25, 0.3) is 39.5 Å². The Balaban J connectivity index is 1.19. The Hall–Kier alpha value is -4.75. The highest BCUT2D eigenvalue weighted by molar-refractivity contribution is 7.80. The minimum atomic E-state index is -0.406. The summed E-state index contributed by atoms with van der Waals surface area (Å²) in [6.45, 7) is 0. The summed E-state index contributed by atoms with van der Waals surface area (Å²) in [5, 5.41) is 6.55. The topological polar surface area (TPSA) is 84.5 Å². The minimum absolute atomic E-state index is 0.145. The molecule has 2 aromatic heterocycles. The van der Waals surface area contributed by atoms with Crippen LogP contribution in [0.2, 0.25) is 0 Å². The zero-order valence-electron chi connectivity index (χ0n) is 18.9. The first-order valence-corrected chi connectivity index (χ1v) is 11.5. The number of hydrogen-bond acceptors (Lipinski definition) is 5. The van der Waals surface area contributed by atoms with Gasteiger partial charge in [0.1, 0.15) is 17.1 Å². The average molecular weight is 493 g/mol. The number of rotatable bonds is 5. The fourth-order valence-corrected chi connectivity index (χ4v) is 3.89. The van der Waals surface area contributed by atoms with Gasteiger partial charge in [-0.1, -0.05) is 60.7 Å². The van der Waals surface area contributed by atoms with Gasteiger partial charge in [-0.15, -0.1) is 0 Å². The van der Waals surface area contributed by atoms with Crippen LogP contribution < -0.4 is 16.3 Å². The predicted molar refractivity (Wildman–Crippen MR) is 145 cm³/mol. The van der Waals surface area contributed by atoms with Gasteiger partial charge in [0.2, 0.25) is 5.91 Å². The van der Waals surface area contributed by atoms with Gasteiger partial charge in [-0.3, -0.25) is 10.1 Å². The predicted octanol–water partition coefficient (Wildman–Crippen LogP) is 6.25. The Kier molecular flexibility index (Phi) is 6.55. The molecule has 3 aromatic carbocycles. The lowest BCUT2D eigenvalue weighted by molar-refractivity contribution is -0.115. The van der Waals surface area contributed by atoms with Gasteiger partial charge in [-0.05, 0) is 60.3 Å². The van der Waals surface area contributed by atoms with Crippen molar-refractivity contribution in [3.63, 3.8) is 0 Å². The van der Waals surface area contributed by atoms with E-state index in [9.17, 15) is 9.59 Å². The Labute approximate surface area is 211 Å². The van der Waals surface area contributed by atoms with Crippen molar-refractivity contribution in [1.29, 1.82) is 0 Å². The number of amides is 1. The number of anilines is 1. The monoisotopic (exact) mass is 492 g/mol. The van der Waals surface area contributed by atoms with Crippen molar-refractivity contribution in [3.05, 3.63) is 119 Å². The van der Waals surface area contributed by atoms with Crippen LogP contribution in [0.15, 0.2) is 117 Å². The van der Waals surface area contributed by atoms with E-state index >= 15 is 0 Å². The lowest BCUT2D eigenvalue weighted by Gasteiger charge is -2.09. The van der Waals surface area contributed by atoms with Crippen LogP contribution in [0.3, 0.4) is 0 Å². The van der Waals surface area contributed by atoms with Crippen LogP contribution in [0.5, 0.6) is 0 Å². The number of benzene rings is 3. The summed E-state index contributed by atoms with van der Waals surface area (Å²) in [4.78, 5) is 24.7. The van der Waals surface area contributed by atoms with E-state index in [0.717, 1.165) is 16.7 Å². The van der Waals surface area contributed by atoms with E-state index in [4.69, 9.17) is 21.1 Å². The number of carbonyl (C=O) groups is 1. The molecule has 2 heterocycles. The molecule has 0 spiro atoms. The van der Waals surface area contributed by atoms with Gasteiger partial charge in [0.15, 0.2) is 5.11 Å². The van der Waals surface area contributed by atoms with E-state index in [1.54, 1.807) is 42.5 Å². The van der Waals surface area contributed by atoms with E-state index < -0.39 is 11.5 Å². The third kappa shape index (κ3) is 5.32. The zero-order chi connectivity index (χ0) is 24.9. The molecule has 36 heavy (non-hydrogen) atoms. The molecule has 0 aliphatic rings. The third-order valence-corrected chi connectivity index (χ3v) is 5.62. The number of nitrogens with one attached hydrogen (secondary N) is 2. The molecular formula is C29H20N2O4S. The second-order valence-electron chi connectivity index (χ2n) is 7.91. The number of furan rings is 1. The van der Waals surface area contributed by atoms with Crippen molar-refractivity contribution in [2.75, 3.05) is 5.32 Å². The molecule has 2 N–H and O–H groups in total. The fourth-order valence-electron chi connectivity index (χ4n) is 3.67. The molecule has 0 unspecified atom stereocenters. The minimum Gasteiger partial charge on any atom is -0.457 e. The number of thiocarbonyl (C=S) groups is 1. The number of fused-ring (bicyclic) bond motifs is 1. The van der Waals surface area contributed by atoms with Crippen LogP contribution in [0, 0.1) is 0 Å². The van der Waals surface area contributed by atoms with E-state index in [1.807, 2.05) is 60.7 Å². The molecule has 5 aromatic rings. The van der Waals surface area contributed by atoms with Gasteiger partial charge in [0.05, 0.1) is 5.56 Å². The van der Waals surface area contributed by atoms with E-state index in [1.165, 1.54) is 6.08 Å². The Morgan fingerprint density at radius 2 is 1.56 bits per heavy atom. The lowest BCUT2D eigenvalue weighted by Crippen LogP contribution is -2.32. The molecule has 0 bridgehead atoms. The van der Waals surface area contributed by atoms with Crippen LogP contribution in [-0.2, 0) is 4.79 Å². The first kappa shape index (κ1) is 23.0. The number of para-hydroxylation sites is 1. The summed E-state index contributed by atoms with van der Waals surface area (Å²) in [5.74, 6) is 0.880. The fraction of sp³-hybridized carbons (Fsp3) is 0. The van der Waals surface area contributed by atoms with Crippen LogP contribution in [0.1, 0.15) is 5.76 Å². The standard InChI is InChI=1S/C29H20N2O4S/c32-27(17-15-23-14-16-26(34-23)20-6-2-1-3-7-20)31-29(36)30-22-12-10-19(11-13-22)24-18-21-8-4-5-9-25(21)35-28(24)33/h1-18H,(H2,30,31,32,36). The molecule has 0 fully saturated rings. The summed E-state index contributed by atoms with van der Waals surface area (Å²) in [6.07, 6.45) is 2.93. The number of carbonyl (C=O) groups excluding carboxylic acids is 1. The highest BCUT2D eigenvalue weighted by atomic mass is 32.1. The molecule has 0 aliphatic heterocycles. The maximum absolute atomic E-state index is 12.4. The molecule has 6 nitrogen and oxygen atoms in total. The van der Waals surface area contributed by atoms with Crippen molar-refractivity contribution < 1.29 is 13.6 Å². The first-order chi connectivity index (χ1) is 17.5. The van der Waals surface area contributed by atoms with Crippen molar-refractivity contribution >= 4 is 46.0 Å². The quantitative estimate of drug-likeness (QED) is 0.171. The van der Waals surface area contributed by atoms with Gasteiger partial charge in [0.25, 0.3) is 0 Å². The maximum atomic E-state index is 12.4. The van der Waals surface area contributed by atoms with Gasteiger partial charge in [0, 0.05) is 22.7 Å². The lowest BCUT2D eigenvalue weighted by atomic mass is 10.1. The summed E-state index contributed by atoms with van der Waals surface area (Å²) in [6, 6.07) is 29.6. The van der Waals surface area contributed by atoms with E-state index in [2.05, 4.69) is 10.6 Å². The van der Waals surface area contributed by atoms with Gasteiger partial charge in [-0.2, -0.15) is 0 Å². The van der Waals surface area contributed by atoms with Crippen LogP contribution in [-0.4, -0.2) is 11.0 Å². The summed E-state index contributed by atoms with van der Waals surface area (Å²) in [7, 11) is 0. The third-order valence-electron chi connectivity index (χ3n) is 5.42. The largest absolute Gasteiger partial charge is 0.457 e. The van der Waals surface area contributed by atoms with Crippen molar-refractivity contribution in [2.24, 2.45) is 0 Å². The summed E-state index contributed by atoms with van der Waals surface area (Å²) in [5.41, 5.74) is 2.94. The van der Waals surface area contributed by atoms with Gasteiger partial charge < -0.3 is 14.2 Å². The Morgan fingerprint density at radius 3 is 2.36 bits per heavy atom. The van der Waals surface area contributed by atoms with E-state index in [0.29, 0.717) is 28.2 Å². The van der Waals surface area contributed by atoms with Crippen molar-refractivity contribution in [2.45, 2.75) is 0 Å². The molecule has 0 saturated carbocycles. The SMILES string of the molecule is O=C(C=Cc1ccc(-c2ccccc2)o1)NC(=S)Nc1ccc(-c2cc3ccccc3oc2=O)cc1. The van der Waals surface area contributed by atoms with Crippen molar-refractivity contribution in [1.82, 2.24) is 5.32 Å². The number of hydrogen-bond donors (Lipinski definition) is 2. The Morgan fingerprint density at radius 1 is 0.806 bits per heavy atom. The molecule has 0 atom stereocenters. The molecule has 7 heteroatoms. The smallest absolute Gasteiger partial charge is 0.344 e. The van der Waals surface area contributed by atoms with Gasteiger partial charge >= 0.3 is 5.63 Å². The maximum Gasteiger partial charge on any atom is 0.344 e. The first-order valence-electron chi connectivity index (χ1n) is 11.1. The van der Waals surface area contributed by atoms with Crippen molar-refractivity contribution in [3.8, 4) is 22.5 Å². The molecule has 0 radical (unpaired) electrons. The molecule has 0 aliphatic carbocycles. The normalized spacial score (nSPS) is 11.0. The average Bonchev–Trinajstić information content (AvgIpc) is 3.37. The highest BCUT2D eigenvalue weighted by Crippen LogP contribution is 2.23. The Bertz CT molecular complexity index is 1630. The summed E-state index contributed by atoms with van der Waals surface area (Å²) < 4.78 is 11.2. The molecule has 5 rings (SSSR count). The molecule has 0 saturated heterocycles.